The van der Waals surface area contributed by atoms with Crippen molar-refractivity contribution in [2.24, 2.45) is 0 Å². The zero-order valence-electron chi connectivity index (χ0n) is 15.6. The van der Waals surface area contributed by atoms with Crippen molar-refractivity contribution < 1.29 is 14.0 Å². The van der Waals surface area contributed by atoms with Gasteiger partial charge in [-0.25, -0.2) is 0 Å². The van der Waals surface area contributed by atoms with Crippen molar-refractivity contribution in [3.63, 3.8) is 0 Å². The summed E-state index contributed by atoms with van der Waals surface area (Å²) in [6.45, 7) is 8.27. The lowest BCUT2D eigenvalue weighted by atomic mass is 9.79. The highest BCUT2D eigenvalue weighted by molar-refractivity contribution is 6.62. The van der Waals surface area contributed by atoms with Crippen LogP contribution < -0.4 is 10.2 Å². The second-order valence-corrected chi connectivity index (χ2v) is 7.36. The fourth-order valence-corrected chi connectivity index (χ4v) is 2.65. The highest BCUT2D eigenvalue weighted by Gasteiger charge is 2.51. The predicted molar refractivity (Wildman–Crippen MR) is 104 cm³/mol. The van der Waals surface area contributed by atoms with Crippen LogP contribution in [0, 0.1) is 0 Å². The van der Waals surface area contributed by atoms with Crippen LogP contribution in [-0.2, 0) is 9.31 Å². The maximum Gasteiger partial charge on any atom is 0.494 e. The van der Waals surface area contributed by atoms with E-state index in [4.69, 9.17) is 14.0 Å². The third-order valence-corrected chi connectivity index (χ3v) is 5.05. The SMILES string of the molecule is COc1ccc(C=Cc2ccc(B3OC(C)(C)C(C)(C)O3)cc2)cc1. The average Bonchev–Trinajstić information content (AvgIpc) is 2.82. The first-order valence-corrected chi connectivity index (χ1v) is 8.58. The van der Waals surface area contributed by atoms with Gasteiger partial charge in [0.1, 0.15) is 5.75 Å². The number of hydrogen-bond acceptors (Lipinski definition) is 3. The Balaban J connectivity index is 1.69. The number of hydrogen-bond donors (Lipinski definition) is 0. The minimum Gasteiger partial charge on any atom is -0.497 e. The molecule has 0 radical (unpaired) electrons. The van der Waals surface area contributed by atoms with E-state index in [2.05, 4.69) is 64.1 Å². The van der Waals surface area contributed by atoms with Crippen molar-refractivity contribution in [2.75, 3.05) is 7.11 Å². The van der Waals surface area contributed by atoms with E-state index in [0.29, 0.717) is 0 Å². The summed E-state index contributed by atoms with van der Waals surface area (Å²) in [4.78, 5) is 0. The standard InChI is InChI=1S/C21H25BO3/c1-20(2)21(3,4)25-22(24-20)18-12-8-16(9-13-18)6-7-17-10-14-19(23-5)15-11-17/h6-15H,1-5H3. The molecule has 1 aliphatic heterocycles. The second-order valence-electron chi connectivity index (χ2n) is 7.36. The Morgan fingerprint density at radius 2 is 1.20 bits per heavy atom. The Morgan fingerprint density at radius 1 is 0.760 bits per heavy atom. The van der Waals surface area contributed by atoms with Crippen LogP contribution in [0.15, 0.2) is 48.5 Å². The Hall–Kier alpha value is -2.04. The van der Waals surface area contributed by atoms with Crippen molar-refractivity contribution in [2.45, 2.75) is 38.9 Å². The lowest BCUT2D eigenvalue weighted by molar-refractivity contribution is 0.00578. The molecule has 0 unspecified atom stereocenters. The first kappa shape index (κ1) is 17.8. The van der Waals surface area contributed by atoms with Crippen LogP contribution in [0.25, 0.3) is 12.2 Å². The summed E-state index contributed by atoms with van der Waals surface area (Å²) >= 11 is 0. The molecule has 0 amide bonds. The topological polar surface area (TPSA) is 27.7 Å². The molecule has 0 atom stereocenters. The smallest absolute Gasteiger partial charge is 0.494 e. The Morgan fingerprint density at radius 3 is 1.64 bits per heavy atom. The number of benzene rings is 2. The molecular weight excluding hydrogens is 311 g/mol. The monoisotopic (exact) mass is 336 g/mol. The third kappa shape index (κ3) is 3.81. The zero-order chi connectivity index (χ0) is 18.1. The molecular formula is C21H25BO3. The number of ether oxygens (including phenoxy) is 1. The van der Waals surface area contributed by atoms with Gasteiger partial charge in [-0.3, -0.25) is 0 Å². The molecule has 130 valence electrons. The Kier molecular flexibility index (Phi) is 4.76. The van der Waals surface area contributed by atoms with Crippen LogP contribution in [0.2, 0.25) is 0 Å². The third-order valence-electron chi connectivity index (χ3n) is 5.05. The molecule has 1 heterocycles. The Labute approximate surface area is 150 Å². The molecule has 3 nitrogen and oxygen atoms in total. The van der Waals surface area contributed by atoms with Gasteiger partial charge in [0.25, 0.3) is 0 Å². The fraction of sp³-hybridized carbons (Fsp3) is 0.333. The highest BCUT2D eigenvalue weighted by Crippen LogP contribution is 2.36. The summed E-state index contributed by atoms with van der Waals surface area (Å²) in [5.41, 5.74) is 2.68. The lowest BCUT2D eigenvalue weighted by Crippen LogP contribution is -2.41. The molecule has 0 saturated carbocycles. The minimum atomic E-state index is -0.315. The van der Waals surface area contributed by atoms with Gasteiger partial charge in [-0.15, -0.1) is 0 Å². The van der Waals surface area contributed by atoms with Gasteiger partial charge in [-0.2, -0.15) is 0 Å². The minimum absolute atomic E-state index is 0.315. The summed E-state index contributed by atoms with van der Waals surface area (Å²) in [6, 6.07) is 16.3. The van der Waals surface area contributed by atoms with Crippen molar-refractivity contribution >= 4 is 24.7 Å². The molecule has 2 aromatic rings. The average molecular weight is 336 g/mol. The van der Waals surface area contributed by atoms with Gasteiger partial charge in [-0.1, -0.05) is 48.6 Å². The van der Waals surface area contributed by atoms with E-state index in [9.17, 15) is 0 Å². The maximum absolute atomic E-state index is 6.09. The van der Waals surface area contributed by atoms with Gasteiger partial charge in [-0.05, 0) is 56.4 Å². The van der Waals surface area contributed by atoms with E-state index < -0.39 is 0 Å². The zero-order valence-corrected chi connectivity index (χ0v) is 15.6. The molecule has 0 spiro atoms. The summed E-state index contributed by atoms with van der Waals surface area (Å²) in [6.07, 6.45) is 4.18. The molecule has 1 saturated heterocycles. The normalized spacial score (nSPS) is 18.7. The van der Waals surface area contributed by atoms with Gasteiger partial charge in [0, 0.05) is 0 Å². The fourth-order valence-electron chi connectivity index (χ4n) is 2.65. The summed E-state index contributed by atoms with van der Waals surface area (Å²) in [7, 11) is 1.36. The second kappa shape index (κ2) is 6.70. The van der Waals surface area contributed by atoms with Crippen molar-refractivity contribution in [3.8, 4) is 5.75 Å². The van der Waals surface area contributed by atoms with E-state index in [1.54, 1.807) is 7.11 Å². The molecule has 25 heavy (non-hydrogen) atoms. The Bertz CT molecular complexity index is 730. The lowest BCUT2D eigenvalue weighted by Gasteiger charge is -2.32. The quantitative estimate of drug-likeness (QED) is 0.620. The van der Waals surface area contributed by atoms with Crippen LogP contribution in [-0.4, -0.2) is 25.4 Å². The molecule has 0 N–H and O–H groups in total. The molecule has 4 heteroatoms. The van der Waals surface area contributed by atoms with Crippen molar-refractivity contribution in [1.29, 1.82) is 0 Å². The first-order chi connectivity index (χ1) is 11.8. The van der Waals surface area contributed by atoms with Gasteiger partial charge >= 0.3 is 7.12 Å². The molecule has 0 aliphatic carbocycles. The largest absolute Gasteiger partial charge is 0.497 e. The van der Waals surface area contributed by atoms with E-state index >= 15 is 0 Å². The maximum atomic E-state index is 6.09. The molecule has 0 bridgehead atoms. The van der Waals surface area contributed by atoms with Crippen LogP contribution in [0.4, 0.5) is 0 Å². The van der Waals surface area contributed by atoms with Crippen LogP contribution in [0.5, 0.6) is 5.75 Å². The van der Waals surface area contributed by atoms with Crippen molar-refractivity contribution in [1.82, 2.24) is 0 Å². The van der Waals surface area contributed by atoms with Crippen molar-refractivity contribution in [3.05, 3.63) is 59.7 Å². The molecule has 1 fully saturated rings. The number of rotatable bonds is 4. The summed E-state index contributed by atoms with van der Waals surface area (Å²) in [5.74, 6) is 0.865. The van der Waals surface area contributed by atoms with Crippen LogP contribution in [0.3, 0.4) is 0 Å². The van der Waals surface area contributed by atoms with E-state index in [1.165, 1.54) is 0 Å². The van der Waals surface area contributed by atoms with E-state index in [-0.39, 0.29) is 18.3 Å². The first-order valence-electron chi connectivity index (χ1n) is 8.58. The van der Waals surface area contributed by atoms with Crippen LogP contribution >= 0.6 is 0 Å². The van der Waals surface area contributed by atoms with Gasteiger partial charge in [0.2, 0.25) is 0 Å². The molecule has 0 aromatic heterocycles. The summed E-state index contributed by atoms with van der Waals surface area (Å²) in [5, 5.41) is 0. The van der Waals surface area contributed by atoms with Gasteiger partial charge in [0.05, 0.1) is 18.3 Å². The van der Waals surface area contributed by atoms with Gasteiger partial charge < -0.3 is 14.0 Å². The van der Waals surface area contributed by atoms with E-state index in [1.807, 2.05) is 24.3 Å². The van der Waals surface area contributed by atoms with E-state index in [0.717, 1.165) is 22.3 Å². The predicted octanol–water partition coefficient (Wildman–Crippen LogP) is 4.16. The molecule has 1 aliphatic rings. The summed E-state index contributed by atoms with van der Waals surface area (Å²) < 4.78 is 17.4. The highest BCUT2D eigenvalue weighted by atomic mass is 16.7. The molecule has 3 rings (SSSR count). The number of methoxy groups -OCH3 is 1. The molecule has 2 aromatic carbocycles. The van der Waals surface area contributed by atoms with Gasteiger partial charge in [0.15, 0.2) is 0 Å². The van der Waals surface area contributed by atoms with Crippen LogP contribution in [0.1, 0.15) is 38.8 Å².